The fourth-order valence-corrected chi connectivity index (χ4v) is 3.88. The SMILES string of the molecule is Cc1nnc(N2CCC(Nc3nc4c(-c5ccc(F)c(Cl)c5)cc(F)cn4n3)CC2)o1. The molecule has 0 radical (unpaired) electrons. The average Bonchev–Trinajstić information content (AvgIpc) is 3.36. The number of aromatic nitrogens is 5. The first kappa shape index (κ1) is 19.7. The molecule has 1 saturated heterocycles. The molecule has 0 bridgehead atoms. The number of piperidine rings is 1. The predicted molar refractivity (Wildman–Crippen MR) is 111 cm³/mol. The molecule has 0 atom stereocenters. The Bertz CT molecular complexity index is 1250. The van der Waals surface area contributed by atoms with Gasteiger partial charge >= 0.3 is 6.01 Å². The summed E-state index contributed by atoms with van der Waals surface area (Å²) in [5.74, 6) is -0.0898. The molecule has 31 heavy (non-hydrogen) atoms. The van der Waals surface area contributed by atoms with Crippen molar-refractivity contribution in [1.82, 2.24) is 24.8 Å². The summed E-state index contributed by atoms with van der Waals surface area (Å²) in [6, 6.07) is 6.23. The lowest BCUT2D eigenvalue weighted by molar-refractivity contribution is 0.458. The highest BCUT2D eigenvalue weighted by Crippen LogP contribution is 2.29. The van der Waals surface area contributed by atoms with E-state index in [0.29, 0.717) is 34.6 Å². The van der Waals surface area contributed by atoms with Crippen LogP contribution in [0.2, 0.25) is 5.02 Å². The van der Waals surface area contributed by atoms with Crippen LogP contribution in [0.5, 0.6) is 0 Å². The van der Waals surface area contributed by atoms with Gasteiger partial charge in [-0.25, -0.2) is 13.3 Å². The van der Waals surface area contributed by atoms with E-state index < -0.39 is 11.6 Å². The largest absolute Gasteiger partial charge is 0.408 e. The lowest BCUT2D eigenvalue weighted by Gasteiger charge is -2.30. The van der Waals surface area contributed by atoms with Crippen molar-refractivity contribution in [3.63, 3.8) is 0 Å². The van der Waals surface area contributed by atoms with Crippen molar-refractivity contribution in [2.75, 3.05) is 23.3 Å². The summed E-state index contributed by atoms with van der Waals surface area (Å²) in [6.45, 7) is 3.26. The highest BCUT2D eigenvalue weighted by atomic mass is 35.5. The van der Waals surface area contributed by atoms with Crippen LogP contribution in [0.25, 0.3) is 16.8 Å². The summed E-state index contributed by atoms with van der Waals surface area (Å²) in [6.07, 6.45) is 2.90. The Hall–Kier alpha value is -3.27. The first-order chi connectivity index (χ1) is 15.0. The smallest absolute Gasteiger partial charge is 0.318 e. The third-order valence-corrected chi connectivity index (χ3v) is 5.53. The third kappa shape index (κ3) is 3.90. The minimum atomic E-state index is -0.538. The van der Waals surface area contributed by atoms with Crippen LogP contribution in [0, 0.1) is 18.6 Å². The van der Waals surface area contributed by atoms with Gasteiger partial charge in [0.05, 0.1) is 11.2 Å². The van der Waals surface area contributed by atoms with Gasteiger partial charge in [0.2, 0.25) is 11.8 Å². The maximum atomic E-state index is 14.2. The standard InChI is InChI=1S/C20H18ClF2N7O/c1-11-26-27-20(31-11)29-6-4-14(5-7-29)24-19-25-18-15(9-13(22)10-30(18)28-19)12-2-3-17(23)16(21)8-12/h2-3,8-10,14H,4-7H2,1H3,(H,24,28). The van der Waals surface area contributed by atoms with Crippen LogP contribution < -0.4 is 10.2 Å². The summed E-state index contributed by atoms with van der Waals surface area (Å²) in [4.78, 5) is 6.58. The van der Waals surface area contributed by atoms with Crippen LogP contribution in [0.4, 0.5) is 20.7 Å². The monoisotopic (exact) mass is 445 g/mol. The van der Waals surface area contributed by atoms with Gasteiger partial charge in [0, 0.05) is 31.6 Å². The molecule has 0 amide bonds. The zero-order valence-electron chi connectivity index (χ0n) is 16.5. The average molecular weight is 446 g/mol. The first-order valence-corrected chi connectivity index (χ1v) is 10.2. The van der Waals surface area contributed by atoms with Gasteiger partial charge in [-0.3, -0.25) is 0 Å². The second-order valence-electron chi connectivity index (χ2n) is 7.41. The molecule has 0 aliphatic carbocycles. The number of pyridine rings is 1. The fraction of sp³-hybridized carbons (Fsp3) is 0.300. The molecule has 4 aromatic rings. The zero-order valence-corrected chi connectivity index (χ0v) is 17.3. The molecule has 1 N–H and O–H groups in total. The van der Waals surface area contributed by atoms with Gasteiger partial charge in [0.15, 0.2) is 5.65 Å². The Morgan fingerprint density at radius 2 is 1.97 bits per heavy atom. The Labute approximate surface area is 180 Å². The topological polar surface area (TPSA) is 84.4 Å². The molecule has 1 aliphatic rings. The summed E-state index contributed by atoms with van der Waals surface area (Å²) >= 11 is 5.90. The van der Waals surface area contributed by atoms with Crippen LogP contribution >= 0.6 is 11.6 Å². The van der Waals surface area contributed by atoms with E-state index in [-0.39, 0.29) is 11.1 Å². The van der Waals surface area contributed by atoms with E-state index in [1.165, 1.54) is 35.0 Å². The molecule has 1 fully saturated rings. The van der Waals surface area contributed by atoms with Gasteiger partial charge in [0.25, 0.3) is 0 Å². The molecule has 5 rings (SSSR count). The van der Waals surface area contributed by atoms with E-state index in [2.05, 4.69) is 25.6 Å². The van der Waals surface area contributed by atoms with Gasteiger partial charge in [0.1, 0.15) is 11.6 Å². The number of fused-ring (bicyclic) bond motifs is 1. The van der Waals surface area contributed by atoms with Crippen LogP contribution in [-0.2, 0) is 0 Å². The van der Waals surface area contributed by atoms with Crippen molar-refractivity contribution in [2.24, 2.45) is 0 Å². The van der Waals surface area contributed by atoms with Crippen molar-refractivity contribution in [3.8, 4) is 11.1 Å². The van der Waals surface area contributed by atoms with E-state index in [4.69, 9.17) is 16.0 Å². The van der Waals surface area contributed by atoms with Gasteiger partial charge in [-0.15, -0.1) is 10.2 Å². The molecule has 3 aromatic heterocycles. The molecule has 11 heteroatoms. The minimum Gasteiger partial charge on any atom is -0.408 e. The fourth-order valence-electron chi connectivity index (χ4n) is 3.70. The maximum Gasteiger partial charge on any atom is 0.318 e. The van der Waals surface area contributed by atoms with Crippen LogP contribution in [0.1, 0.15) is 18.7 Å². The lowest BCUT2D eigenvalue weighted by atomic mass is 10.1. The van der Waals surface area contributed by atoms with Gasteiger partial charge < -0.3 is 14.6 Å². The molecule has 0 saturated carbocycles. The number of rotatable bonds is 4. The van der Waals surface area contributed by atoms with Crippen LogP contribution in [-0.4, -0.2) is 43.9 Å². The molecule has 0 spiro atoms. The summed E-state index contributed by atoms with van der Waals surface area (Å²) in [5.41, 5.74) is 1.48. The molecule has 0 unspecified atom stereocenters. The van der Waals surface area contributed by atoms with E-state index >= 15 is 0 Å². The number of anilines is 2. The minimum absolute atomic E-state index is 0.0408. The third-order valence-electron chi connectivity index (χ3n) is 5.24. The van der Waals surface area contributed by atoms with Crippen molar-refractivity contribution >= 4 is 29.2 Å². The quantitative estimate of drug-likeness (QED) is 0.506. The number of nitrogens with zero attached hydrogens (tertiary/aromatic N) is 6. The molecular formula is C20H18ClF2N7O. The predicted octanol–water partition coefficient (Wildman–Crippen LogP) is 4.10. The highest BCUT2D eigenvalue weighted by molar-refractivity contribution is 6.31. The Kier molecular flexibility index (Phi) is 4.93. The molecule has 160 valence electrons. The van der Waals surface area contributed by atoms with Crippen molar-refractivity contribution in [1.29, 1.82) is 0 Å². The van der Waals surface area contributed by atoms with Crippen molar-refractivity contribution in [3.05, 3.63) is 53.0 Å². The van der Waals surface area contributed by atoms with Crippen LogP contribution in [0.15, 0.2) is 34.9 Å². The highest BCUT2D eigenvalue weighted by Gasteiger charge is 2.24. The van der Waals surface area contributed by atoms with E-state index in [1.807, 2.05) is 4.90 Å². The molecule has 1 aliphatic heterocycles. The van der Waals surface area contributed by atoms with Gasteiger partial charge in [-0.2, -0.15) is 4.98 Å². The van der Waals surface area contributed by atoms with E-state index in [1.54, 1.807) is 6.92 Å². The Morgan fingerprint density at radius 1 is 1.16 bits per heavy atom. The molecule has 8 nitrogen and oxygen atoms in total. The summed E-state index contributed by atoms with van der Waals surface area (Å²) in [5, 5.41) is 15.6. The van der Waals surface area contributed by atoms with Crippen molar-refractivity contribution < 1.29 is 13.2 Å². The normalized spacial score (nSPS) is 15.0. The van der Waals surface area contributed by atoms with Crippen LogP contribution in [0.3, 0.4) is 0 Å². The van der Waals surface area contributed by atoms with E-state index in [0.717, 1.165) is 25.9 Å². The molecule has 1 aromatic carbocycles. The van der Waals surface area contributed by atoms with E-state index in [9.17, 15) is 8.78 Å². The number of benzene rings is 1. The number of hydrogen-bond acceptors (Lipinski definition) is 7. The molecule has 4 heterocycles. The first-order valence-electron chi connectivity index (χ1n) is 9.79. The second kappa shape index (κ2) is 7.77. The van der Waals surface area contributed by atoms with Crippen molar-refractivity contribution in [2.45, 2.75) is 25.8 Å². The number of aryl methyl sites for hydroxylation is 1. The Morgan fingerprint density at radius 3 is 2.68 bits per heavy atom. The lowest BCUT2D eigenvalue weighted by Crippen LogP contribution is -2.39. The van der Waals surface area contributed by atoms with Gasteiger partial charge in [-0.05, 0) is 36.6 Å². The number of halogens is 3. The number of hydrogen-bond donors (Lipinski definition) is 1. The second-order valence-corrected chi connectivity index (χ2v) is 7.82. The maximum absolute atomic E-state index is 14.2. The summed E-state index contributed by atoms with van der Waals surface area (Å²) < 4.78 is 34.6. The Balaban J connectivity index is 1.36. The molecular weight excluding hydrogens is 428 g/mol. The number of nitrogens with one attached hydrogen (secondary N) is 1. The van der Waals surface area contributed by atoms with Gasteiger partial charge in [-0.1, -0.05) is 22.8 Å². The zero-order chi connectivity index (χ0) is 21.5. The summed E-state index contributed by atoms with van der Waals surface area (Å²) in [7, 11) is 0.